The lowest BCUT2D eigenvalue weighted by atomic mass is 9.99. The SMILES string of the molecule is CC1c2ccc(C(=O)/C=C/c3ccccc3)cc2OC(Cc2ccccc2)N1[O-]. The van der Waals surface area contributed by atoms with Gasteiger partial charge in [0.05, 0.1) is 0 Å². The Morgan fingerprint density at radius 2 is 1.72 bits per heavy atom. The molecular formula is C25H22NO3-. The summed E-state index contributed by atoms with van der Waals surface area (Å²) in [5, 5.41) is 13.7. The number of carbonyl (C=O) groups excluding carboxylic acids is 1. The van der Waals surface area contributed by atoms with Crippen molar-refractivity contribution in [2.75, 3.05) is 0 Å². The molecule has 3 aromatic rings. The van der Waals surface area contributed by atoms with Gasteiger partial charge in [0, 0.05) is 23.6 Å². The average molecular weight is 384 g/mol. The van der Waals surface area contributed by atoms with Gasteiger partial charge in [0.2, 0.25) is 0 Å². The Morgan fingerprint density at radius 3 is 2.45 bits per heavy atom. The highest BCUT2D eigenvalue weighted by Gasteiger charge is 2.28. The molecule has 1 aliphatic heterocycles. The van der Waals surface area contributed by atoms with Crippen molar-refractivity contribution in [2.24, 2.45) is 0 Å². The van der Waals surface area contributed by atoms with Crippen LogP contribution in [0.15, 0.2) is 84.9 Å². The van der Waals surface area contributed by atoms with Gasteiger partial charge in [0.1, 0.15) is 12.0 Å². The molecule has 1 aliphatic rings. The van der Waals surface area contributed by atoms with E-state index in [4.69, 9.17) is 4.74 Å². The van der Waals surface area contributed by atoms with Crippen LogP contribution in [0.1, 0.15) is 40.0 Å². The first kappa shape index (κ1) is 19.1. The third-order valence-electron chi connectivity index (χ3n) is 5.16. The summed E-state index contributed by atoms with van der Waals surface area (Å²) in [5.74, 6) is 0.501. The van der Waals surface area contributed by atoms with E-state index >= 15 is 0 Å². The summed E-state index contributed by atoms with van der Waals surface area (Å²) < 4.78 is 6.01. The van der Waals surface area contributed by atoms with Crippen molar-refractivity contribution in [3.05, 3.63) is 112 Å². The fourth-order valence-electron chi connectivity index (χ4n) is 3.50. The molecule has 0 aromatic heterocycles. The zero-order valence-electron chi connectivity index (χ0n) is 16.2. The van der Waals surface area contributed by atoms with Crippen LogP contribution in [-0.4, -0.2) is 17.1 Å². The monoisotopic (exact) mass is 384 g/mol. The molecule has 4 heteroatoms. The van der Waals surface area contributed by atoms with Gasteiger partial charge in [0.25, 0.3) is 0 Å². The summed E-state index contributed by atoms with van der Waals surface area (Å²) in [6.45, 7) is 1.86. The van der Waals surface area contributed by atoms with Gasteiger partial charge in [-0.3, -0.25) is 4.79 Å². The molecule has 0 N–H and O–H groups in total. The molecule has 0 saturated heterocycles. The molecule has 1 heterocycles. The minimum Gasteiger partial charge on any atom is -0.782 e. The molecule has 29 heavy (non-hydrogen) atoms. The Bertz CT molecular complexity index is 1010. The van der Waals surface area contributed by atoms with Crippen molar-refractivity contribution in [3.63, 3.8) is 0 Å². The number of carbonyl (C=O) groups is 1. The summed E-state index contributed by atoms with van der Waals surface area (Å²) in [7, 11) is 0. The normalized spacial score (nSPS) is 19.0. The Balaban J connectivity index is 1.55. The predicted octanol–water partition coefficient (Wildman–Crippen LogP) is 5.40. The summed E-state index contributed by atoms with van der Waals surface area (Å²) in [6, 6.07) is 24.4. The standard InChI is InChI=1S/C25H22NO3/c1-18-22-14-13-21(23(27)15-12-19-8-4-2-5-9-19)17-24(22)29-25(26(18)28)16-20-10-6-3-7-11-20/h2-15,17-18,25H,16H2,1H3/q-1/b15-12+. The van der Waals surface area contributed by atoms with Crippen molar-refractivity contribution in [2.45, 2.75) is 25.6 Å². The van der Waals surface area contributed by atoms with Crippen molar-refractivity contribution >= 4 is 11.9 Å². The number of fused-ring (bicyclic) bond motifs is 1. The van der Waals surface area contributed by atoms with Crippen LogP contribution in [0.4, 0.5) is 0 Å². The zero-order valence-corrected chi connectivity index (χ0v) is 16.2. The number of hydrogen-bond acceptors (Lipinski definition) is 4. The van der Waals surface area contributed by atoms with E-state index in [0.717, 1.165) is 21.8 Å². The third kappa shape index (κ3) is 4.29. The van der Waals surface area contributed by atoms with E-state index in [0.29, 0.717) is 17.7 Å². The smallest absolute Gasteiger partial charge is 0.185 e. The van der Waals surface area contributed by atoms with Crippen LogP contribution < -0.4 is 4.74 Å². The molecule has 0 radical (unpaired) electrons. The second-order valence-corrected chi connectivity index (χ2v) is 7.16. The zero-order chi connectivity index (χ0) is 20.2. The maximum Gasteiger partial charge on any atom is 0.185 e. The fraction of sp³-hybridized carbons (Fsp3) is 0.160. The van der Waals surface area contributed by atoms with Gasteiger partial charge in [0.15, 0.2) is 5.78 Å². The molecule has 146 valence electrons. The van der Waals surface area contributed by atoms with E-state index in [2.05, 4.69) is 0 Å². The van der Waals surface area contributed by atoms with Crippen LogP contribution in [-0.2, 0) is 6.42 Å². The lowest BCUT2D eigenvalue weighted by Crippen LogP contribution is -2.42. The number of nitrogens with zero attached hydrogens (tertiary/aromatic N) is 1. The van der Waals surface area contributed by atoms with E-state index in [9.17, 15) is 10.0 Å². The van der Waals surface area contributed by atoms with E-state index in [-0.39, 0.29) is 11.8 Å². The van der Waals surface area contributed by atoms with Gasteiger partial charge in [-0.2, -0.15) is 0 Å². The largest absolute Gasteiger partial charge is 0.782 e. The number of hydroxylamine groups is 2. The highest BCUT2D eigenvalue weighted by Crippen LogP contribution is 2.37. The first-order valence-electron chi connectivity index (χ1n) is 9.69. The molecule has 0 bridgehead atoms. The molecular weight excluding hydrogens is 362 g/mol. The van der Waals surface area contributed by atoms with E-state index in [1.165, 1.54) is 0 Å². The Hall–Kier alpha value is -3.21. The second kappa shape index (κ2) is 8.43. The lowest BCUT2D eigenvalue weighted by Gasteiger charge is -2.46. The molecule has 0 saturated carbocycles. The number of hydrogen-bond donors (Lipinski definition) is 0. The van der Waals surface area contributed by atoms with E-state index in [1.54, 1.807) is 24.3 Å². The van der Waals surface area contributed by atoms with E-state index in [1.807, 2.05) is 73.7 Å². The van der Waals surface area contributed by atoms with Crippen LogP contribution in [0.2, 0.25) is 0 Å². The molecule has 2 unspecified atom stereocenters. The number of rotatable bonds is 5. The van der Waals surface area contributed by atoms with Gasteiger partial charge in [-0.1, -0.05) is 78.9 Å². The summed E-state index contributed by atoms with van der Waals surface area (Å²) in [6.07, 6.45) is 3.22. The first-order chi connectivity index (χ1) is 14.1. The van der Waals surface area contributed by atoms with Crippen LogP contribution in [0.25, 0.3) is 6.08 Å². The van der Waals surface area contributed by atoms with Gasteiger partial charge < -0.3 is 15.0 Å². The fourth-order valence-corrected chi connectivity index (χ4v) is 3.50. The maximum atomic E-state index is 12.7. The quantitative estimate of drug-likeness (QED) is 0.436. The molecule has 0 aliphatic carbocycles. The van der Waals surface area contributed by atoms with Gasteiger partial charge in [-0.05, 0) is 30.2 Å². The van der Waals surface area contributed by atoms with Gasteiger partial charge >= 0.3 is 0 Å². The van der Waals surface area contributed by atoms with Crippen LogP contribution in [0, 0.1) is 5.21 Å². The van der Waals surface area contributed by atoms with Crippen LogP contribution in [0.5, 0.6) is 5.75 Å². The first-order valence-corrected chi connectivity index (χ1v) is 9.69. The summed E-state index contributed by atoms with van der Waals surface area (Å²) in [5.41, 5.74) is 3.34. The number of ether oxygens (including phenoxy) is 1. The topological polar surface area (TPSA) is 52.6 Å². The van der Waals surface area contributed by atoms with Gasteiger partial charge in [-0.25, -0.2) is 0 Å². The molecule has 3 aromatic carbocycles. The molecule has 0 fully saturated rings. The van der Waals surface area contributed by atoms with Crippen molar-refractivity contribution in [3.8, 4) is 5.75 Å². The molecule has 0 spiro atoms. The van der Waals surface area contributed by atoms with Gasteiger partial charge in [-0.15, -0.1) is 0 Å². The van der Waals surface area contributed by atoms with Crippen LogP contribution >= 0.6 is 0 Å². The third-order valence-corrected chi connectivity index (χ3v) is 5.16. The summed E-state index contributed by atoms with van der Waals surface area (Å²) >= 11 is 0. The number of benzene rings is 3. The Kier molecular flexibility index (Phi) is 5.56. The average Bonchev–Trinajstić information content (AvgIpc) is 2.76. The molecule has 4 rings (SSSR count). The Morgan fingerprint density at radius 1 is 1.03 bits per heavy atom. The molecule has 2 atom stereocenters. The molecule has 4 nitrogen and oxygen atoms in total. The highest BCUT2D eigenvalue weighted by atomic mass is 16.6. The number of ketones is 1. The highest BCUT2D eigenvalue weighted by molar-refractivity contribution is 6.07. The lowest BCUT2D eigenvalue weighted by molar-refractivity contribution is 0.0137. The van der Waals surface area contributed by atoms with E-state index < -0.39 is 6.23 Å². The predicted molar refractivity (Wildman–Crippen MR) is 114 cm³/mol. The van der Waals surface area contributed by atoms with Crippen molar-refractivity contribution in [1.29, 1.82) is 0 Å². The van der Waals surface area contributed by atoms with Crippen molar-refractivity contribution < 1.29 is 9.53 Å². The van der Waals surface area contributed by atoms with Crippen LogP contribution in [0.3, 0.4) is 0 Å². The maximum absolute atomic E-state index is 12.7. The minimum atomic E-state index is -0.620. The second-order valence-electron chi connectivity index (χ2n) is 7.16. The molecule has 0 amide bonds. The Labute approximate surface area is 170 Å². The van der Waals surface area contributed by atoms with Crippen molar-refractivity contribution in [1.82, 2.24) is 5.06 Å². The minimum absolute atomic E-state index is 0.0999. The number of allylic oxidation sites excluding steroid dienone is 1. The summed E-state index contributed by atoms with van der Waals surface area (Å²) in [4.78, 5) is 12.6.